The molecule has 0 aliphatic carbocycles. The van der Waals surface area contributed by atoms with E-state index in [9.17, 15) is 4.39 Å². The maximum absolute atomic E-state index is 13.0. The van der Waals surface area contributed by atoms with Crippen LogP contribution in [0.1, 0.15) is 25.5 Å². The number of nitrogens with zero attached hydrogens (tertiary/aromatic N) is 1. The third kappa shape index (κ3) is 2.27. The third-order valence-electron chi connectivity index (χ3n) is 2.54. The van der Waals surface area contributed by atoms with Crippen LogP contribution in [0.25, 0.3) is 11.1 Å². The van der Waals surface area contributed by atoms with E-state index in [0.29, 0.717) is 5.92 Å². The second-order valence-corrected chi connectivity index (χ2v) is 4.14. The quantitative estimate of drug-likeness (QED) is 0.737. The Labute approximate surface area is 95.0 Å². The molecular weight excluding hydrogens is 201 g/mol. The zero-order valence-electron chi connectivity index (χ0n) is 9.44. The Balaban J connectivity index is 2.35. The van der Waals surface area contributed by atoms with Gasteiger partial charge in [0.2, 0.25) is 0 Å². The van der Waals surface area contributed by atoms with E-state index in [1.54, 1.807) is 12.3 Å². The fraction of sp³-hybridized carbons (Fsp3) is 0.214. The van der Waals surface area contributed by atoms with Gasteiger partial charge in [0.15, 0.2) is 0 Å². The van der Waals surface area contributed by atoms with Crippen LogP contribution in [0.4, 0.5) is 4.39 Å². The second-order valence-electron chi connectivity index (χ2n) is 4.14. The molecule has 82 valence electrons. The second kappa shape index (κ2) is 4.44. The van der Waals surface area contributed by atoms with Gasteiger partial charge in [-0.05, 0) is 29.7 Å². The lowest BCUT2D eigenvalue weighted by Crippen LogP contribution is -1.91. The average molecular weight is 215 g/mol. The van der Waals surface area contributed by atoms with Crippen molar-refractivity contribution in [2.75, 3.05) is 0 Å². The minimum Gasteiger partial charge on any atom is -0.260 e. The minimum atomic E-state index is -0.217. The van der Waals surface area contributed by atoms with Crippen LogP contribution in [0, 0.1) is 5.82 Å². The Hall–Kier alpha value is -1.70. The summed E-state index contributed by atoms with van der Waals surface area (Å²) in [4.78, 5) is 4.36. The first-order chi connectivity index (χ1) is 7.66. The molecule has 0 atom stereocenters. The highest BCUT2D eigenvalue weighted by atomic mass is 19.1. The standard InChI is InChI=1S/C14H14FN/c1-10(2)14-7-6-12(9-16-14)11-4-3-5-13(15)8-11/h3-10H,1-2H3. The Morgan fingerprint density at radius 3 is 2.44 bits per heavy atom. The summed E-state index contributed by atoms with van der Waals surface area (Å²) in [6.45, 7) is 4.20. The molecule has 1 nitrogen and oxygen atoms in total. The molecule has 0 saturated heterocycles. The van der Waals surface area contributed by atoms with Crippen molar-refractivity contribution < 1.29 is 4.39 Å². The largest absolute Gasteiger partial charge is 0.260 e. The van der Waals surface area contributed by atoms with Gasteiger partial charge in [-0.1, -0.05) is 32.0 Å². The van der Waals surface area contributed by atoms with Gasteiger partial charge in [-0.3, -0.25) is 4.98 Å². The van der Waals surface area contributed by atoms with Crippen molar-refractivity contribution in [3.63, 3.8) is 0 Å². The molecule has 0 saturated carbocycles. The van der Waals surface area contributed by atoms with Crippen LogP contribution in [0.15, 0.2) is 42.6 Å². The van der Waals surface area contributed by atoms with Crippen LogP contribution in [-0.4, -0.2) is 4.98 Å². The smallest absolute Gasteiger partial charge is 0.123 e. The van der Waals surface area contributed by atoms with Crippen molar-refractivity contribution in [2.24, 2.45) is 0 Å². The molecule has 0 aliphatic rings. The number of hydrogen-bond donors (Lipinski definition) is 0. The Morgan fingerprint density at radius 2 is 1.88 bits per heavy atom. The van der Waals surface area contributed by atoms with Gasteiger partial charge in [0.05, 0.1) is 0 Å². The summed E-state index contributed by atoms with van der Waals surface area (Å²) in [5, 5.41) is 0. The van der Waals surface area contributed by atoms with Gasteiger partial charge in [-0.25, -0.2) is 4.39 Å². The molecule has 2 aromatic rings. The summed E-state index contributed by atoms with van der Waals surface area (Å²) < 4.78 is 13.0. The first-order valence-corrected chi connectivity index (χ1v) is 5.38. The highest BCUT2D eigenvalue weighted by Gasteiger charge is 2.02. The summed E-state index contributed by atoms with van der Waals surface area (Å²) in [6, 6.07) is 10.5. The molecule has 0 fully saturated rings. The first kappa shape index (κ1) is 10.8. The van der Waals surface area contributed by atoms with Crippen molar-refractivity contribution in [1.82, 2.24) is 4.98 Å². The first-order valence-electron chi connectivity index (χ1n) is 5.38. The number of pyridine rings is 1. The zero-order chi connectivity index (χ0) is 11.5. The fourth-order valence-corrected chi connectivity index (χ4v) is 1.59. The molecule has 0 N–H and O–H groups in total. The van der Waals surface area contributed by atoms with Gasteiger partial charge in [0, 0.05) is 17.5 Å². The van der Waals surface area contributed by atoms with Gasteiger partial charge in [-0.15, -0.1) is 0 Å². The van der Waals surface area contributed by atoms with E-state index < -0.39 is 0 Å². The van der Waals surface area contributed by atoms with Crippen LogP contribution in [0.3, 0.4) is 0 Å². The Kier molecular flexibility index (Phi) is 3.00. The lowest BCUT2D eigenvalue weighted by Gasteiger charge is -2.06. The van der Waals surface area contributed by atoms with E-state index in [2.05, 4.69) is 18.8 Å². The molecule has 1 aromatic carbocycles. The molecule has 1 aromatic heterocycles. The Bertz CT molecular complexity index is 474. The zero-order valence-corrected chi connectivity index (χ0v) is 9.44. The highest BCUT2D eigenvalue weighted by Crippen LogP contribution is 2.21. The van der Waals surface area contributed by atoms with Crippen molar-refractivity contribution in [3.05, 3.63) is 54.1 Å². The maximum atomic E-state index is 13.0. The van der Waals surface area contributed by atoms with Gasteiger partial charge in [0.1, 0.15) is 5.82 Å². The van der Waals surface area contributed by atoms with Crippen LogP contribution >= 0.6 is 0 Å². The van der Waals surface area contributed by atoms with E-state index in [0.717, 1.165) is 16.8 Å². The lowest BCUT2D eigenvalue weighted by molar-refractivity contribution is 0.628. The van der Waals surface area contributed by atoms with Crippen molar-refractivity contribution >= 4 is 0 Å². The molecule has 2 heteroatoms. The molecule has 0 radical (unpaired) electrons. The summed E-state index contributed by atoms with van der Waals surface area (Å²) in [7, 11) is 0. The summed E-state index contributed by atoms with van der Waals surface area (Å²) >= 11 is 0. The van der Waals surface area contributed by atoms with E-state index in [1.165, 1.54) is 12.1 Å². The molecular formula is C14H14FN. The van der Waals surface area contributed by atoms with Crippen molar-refractivity contribution in [1.29, 1.82) is 0 Å². The van der Waals surface area contributed by atoms with Crippen LogP contribution in [0.2, 0.25) is 0 Å². The summed E-state index contributed by atoms with van der Waals surface area (Å²) in [6.07, 6.45) is 1.80. The average Bonchev–Trinajstić information content (AvgIpc) is 2.29. The summed E-state index contributed by atoms with van der Waals surface area (Å²) in [5.74, 6) is 0.201. The molecule has 1 heterocycles. The maximum Gasteiger partial charge on any atom is 0.123 e. The number of rotatable bonds is 2. The van der Waals surface area contributed by atoms with E-state index in [1.807, 2.05) is 18.2 Å². The number of aromatic nitrogens is 1. The minimum absolute atomic E-state index is 0.217. The molecule has 0 unspecified atom stereocenters. The van der Waals surface area contributed by atoms with Crippen molar-refractivity contribution in [3.8, 4) is 11.1 Å². The molecule has 0 bridgehead atoms. The number of halogens is 1. The van der Waals surface area contributed by atoms with Gasteiger partial charge in [0.25, 0.3) is 0 Å². The topological polar surface area (TPSA) is 12.9 Å². The SMILES string of the molecule is CC(C)c1ccc(-c2cccc(F)c2)cn1. The van der Waals surface area contributed by atoms with Crippen LogP contribution < -0.4 is 0 Å². The monoisotopic (exact) mass is 215 g/mol. The van der Waals surface area contributed by atoms with Crippen LogP contribution in [0.5, 0.6) is 0 Å². The number of hydrogen-bond acceptors (Lipinski definition) is 1. The molecule has 2 rings (SSSR count). The highest BCUT2D eigenvalue weighted by molar-refractivity contribution is 5.62. The number of benzene rings is 1. The Morgan fingerprint density at radius 1 is 1.06 bits per heavy atom. The van der Waals surface area contributed by atoms with Gasteiger partial charge >= 0.3 is 0 Å². The van der Waals surface area contributed by atoms with Crippen LogP contribution in [-0.2, 0) is 0 Å². The lowest BCUT2D eigenvalue weighted by atomic mass is 10.1. The van der Waals surface area contributed by atoms with E-state index in [-0.39, 0.29) is 5.82 Å². The van der Waals surface area contributed by atoms with Crippen molar-refractivity contribution in [2.45, 2.75) is 19.8 Å². The van der Waals surface area contributed by atoms with Gasteiger partial charge in [-0.2, -0.15) is 0 Å². The molecule has 0 amide bonds. The molecule has 0 spiro atoms. The predicted molar refractivity (Wildman–Crippen MR) is 63.7 cm³/mol. The molecule has 0 aliphatic heterocycles. The van der Waals surface area contributed by atoms with Gasteiger partial charge < -0.3 is 0 Å². The normalized spacial score (nSPS) is 10.8. The molecule has 16 heavy (non-hydrogen) atoms. The predicted octanol–water partition coefficient (Wildman–Crippen LogP) is 4.01. The summed E-state index contributed by atoms with van der Waals surface area (Å²) in [5.41, 5.74) is 2.87. The fourth-order valence-electron chi connectivity index (χ4n) is 1.59. The van der Waals surface area contributed by atoms with E-state index >= 15 is 0 Å². The van der Waals surface area contributed by atoms with E-state index in [4.69, 9.17) is 0 Å². The third-order valence-corrected chi connectivity index (χ3v) is 2.54.